The molecule has 0 spiro atoms. The number of carbonyl (C=O) groups is 2. The standard InChI is InChI=1S/C20H16FN3O4S2/c21-14-4-6-15(7-5-14)23(11-16-2-1-9-29-16)19(25)12-30-18-8-3-13(20(22)26)10-17(18)24(27)28/h1-10H,11-12H2,(H2,22,26). The molecule has 0 bridgehead atoms. The van der Waals surface area contributed by atoms with Crippen LogP contribution < -0.4 is 10.6 Å². The molecule has 154 valence electrons. The average molecular weight is 445 g/mol. The van der Waals surface area contributed by atoms with Gasteiger partial charge in [-0.2, -0.15) is 0 Å². The van der Waals surface area contributed by atoms with E-state index in [1.54, 1.807) is 0 Å². The van der Waals surface area contributed by atoms with Crippen LogP contribution in [-0.2, 0) is 11.3 Å². The predicted molar refractivity (Wildman–Crippen MR) is 114 cm³/mol. The van der Waals surface area contributed by atoms with E-state index in [2.05, 4.69) is 0 Å². The molecular formula is C20H16FN3O4S2. The van der Waals surface area contributed by atoms with Crippen molar-refractivity contribution in [3.63, 3.8) is 0 Å². The number of amides is 2. The molecule has 0 radical (unpaired) electrons. The number of nitro benzene ring substituents is 1. The third-order valence-electron chi connectivity index (χ3n) is 4.12. The Morgan fingerprint density at radius 2 is 1.90 bits per heavy atom. The highest BCUT2D eigenvalue weighted by Crippen LogP contribution is 2.31. The number of nitrogens with zero attached hydrogens (tertiary/aromatic N) is 2. The highest BCUT2D eigenvalue weighted by Gasteiger charge is 2.21. The quantitative estimate of drug-likeness (QED) is 0.317. The molecule has 2 aromatic carbocycles. The maximum atomic E-state index is 13.3. The van der Waals surface area contributed by atoms with Crippen molar-refractivity contribution in [2.45, 2.75) is 11.4 Å². The minimum absolute atomic E-state index is 0.0167. The molecule has 3 aromatic rings. The monoisotopic (exact) mass is 445 g/mol. The molecule has 0 saturated heterocycles. The summed E-state index contributed by atoms with van der Waals surface area (Å²) in [7, 11) is 0. The van der Waals surface area contributed by atoms with Crippen LogP contribution in [0.1, 0.15) is 15.2 Å². The predicted octanol–water partition coefficient (Wildman–Crippen LogP) is 4.22. The number of hydrogen-bond acceptors (Lipinski definition) is 6. The van der Waals surface area contributed by atoms with Crippen molar-refractivity contribution < 1.29 is 18.9 Å². The summed E-state index contributed by atoms with van der Waals surface area (Å²) in [4.78, 5) is 37.7. The van der Waals surface area contributed by atoms with Crippen LogP contribution >= 0.6 is 23.1 Å². The molecular weight excluding hydrogens is 429 g/mol. The van der Waals surface area contributed by atoms with Crippen LogP contribution in [0.4, 0.5) is 15.8 Å². The van der Waals surface area contributed by atoms with E-state index in [9.17, 15) is 24.1 Å². The van der Waals surface area contributed by atoms with Gasteiger partial charge in [-0.15, -0.1) is 23.1 Å². The van der Waals surface area contributed by atoms with Crippen molar-refractivity contribution in [2.75, 3.05) is 10.7 Å². The molecule has 2 N–H and O–H groups in total. The maximum Gasteiger partial charge on any atom is 0.283 e. The van der Waals surface area contributed by atoms with Gasteiger partial charge >= 0.3 is 0 Å². The summed E-state index contributed by atoms with van der Waals surface area (Å²) in [5.74, 6) is -1.57. The van der Waals surface area contributed by atoms with Gasteiger partial charge < -0.3 is 10.6 Å². The van der Waals surface area contributed by atoms with Crippen molar-refractivity contribution in [3.05, 3.63) is 86.3 Å². The van der Waals surface area contributed by atoms with Gasteiger partial charge in [0.15, 0.2) is 0 Å². The fraction of sp³-hybridized carbons (Fsp3) is 0.100. The fourth-order valence-electron chi connectivity index (χ4n) is 2.66. The first kappa shape index (κ1) is 21.5. The van der Waals surface area contributed by atoms with Gasteiger partial charge in [0, 0.05) is 22.2 Å². The molecule has 1 aromatic heterocycles. The smallest absolute Gasteiger partial charge is 0.283 e. The number of benzene rings is 2. The van der Waals surface area contributed by atoms with E-state index >= 15 is 0 Å². The molecule has 1 heterocycles. The second kappa shape index (κ2) is 9.51. The van der Waals surface area contributed by atoms with E-state index in [0.717, 1.165) is 22.7 Å². The van der Waals surface area contributed by atoms with Crippen LogP contribution in [0.5, 0.6) is 0 Å². The summed E-state index contributed by atoms with van der Waals surface area (Å²) in [5.41, 5.74) is 5.42. The van der Waals surface area contributed by atoms with E-state index in [4.69, 9.17) is 5.73 Å². The average Bonchev–Trinajstić information content (AvgIpc) is 3.24. The Labute approximate surface area is 179 Å². The first-order chi connectivity index (χ1) is 14.3. The lowest BCUT2D eigenvalue weighted by Crippen LogP contribution is -2.31. The summed E-state index contributed by atoms with van der Waals surface area (Å²) >= 11 is 2.47. The molecule has 0 aliphatic carbocycles. The van der Waals surface area contributed by atoms with Gasteiger partial charge in [-0.25, -0.2) is 4.39 Å². The Kier molecular flexibility index (Phi) is 6.80. The summed E-state index contributed by atoms with van der Waals surface area (Å²) < 4.78 is 13.3. The lowest BCUT2D eigenvalue weighted by Gasteiger charge is -2.22. The zero-order valence-electron chi connectivity index (χ0n) is 15.5. The zero-order valence-corrected chi connectivity index (χ0v) is 17.1. The molecule has 0 unspecified atom stereocenters. The van der Waals surface area contributed by atoms with Crippen LogP contribution in [0.2, 0.25) is 0 Å². The first-order valence-electron chi connectivity index (χ1n) is 8.64. The number of nitro groups is 1. The van der Waals surface area contributed by atoms with Gasteiger partial charge in [-0.1, -0.05) is 6.07 Å². The summed E-state index contributed by atoms with van der Waals surface area (Å²) in [6.07, 6.45) is 0. The molecule has 0 aliphatic rings. The number of thiophene rings is 1. The van der Waals surface area contributed by atoms with Gasteiger partial charge in [0.2, 0.25) is 11.8 Å². The second-order valence-corrected chi connectivity index (χ2v) is 8.18. The molecule has 0 atom stereocenters. The molecule has 7 nitrogen and oxygen atoms in total. The molecule has 2 amide bonds. The van der Waals surface area contributed by atoms with E-state index in [1.165, 1.54) is 52.6 Å². The lowest BCUT2D eigenvalue weighted by molar-refractivity contribution is -0.387. The topological polar surface area (TPSA) is 107 Å². The third-order valence-corrected chi connectivity index (χ3v) is 6.03. The van der Waals surface area contributed by atoms with Gasteiger partial charge in [0.1, 0.15) is 5.82 Å². The Hall–Kier alpha value is -3.24. The number of primary amides is 1. The minimum Gasteiger partial charge on any atom is -0.366 e. The van der Waals surface area contributed by atoms with Crippen LogP contribution in [0, 0.1) is 15.9 Å². The highest BCUT2D eigenvalue weighted by atomic mass is 32.2. The van der Waals surface area contributed by atoms with Crippen molar-refractivity contribution in [1.29, 1.82) is 0 Å². The number of rotatable bonds is 8. The SMILES string of the molecule is NC(=O)c1ccc(SCC(=O)N(Cc2cccs2)c2ccc(F)cc2)c([N+](=O)[O-])c1. The molecule has 0 aliphatic heterocycles. The first-order valence-corrected chi connectivity index (χ1v) is 10.5. The van der Waals surface area contributed by atoms with E-state index in [1.807, 2.05) is 17.5 Å². The molecule has 3 rings (SSSR count). The Balaban J connectivity index is 1.81. The zero-order chi connectivity index (χ0) is 21.7. The lowest BCUT2D eigenvalue weighted by atomic mass is 10.2. The number of anilines is 1. The molecule has 0 saturated carbocycles. The Morgan fingerprint density at radius 3 is 2.50 bits per heavy atom. The molecule has 0 fully saturated rings. The molecule has 10 heteroatoms. The van der Waals surface area contributed by atoms with Gasteiger partial charge in [-0.3, -0.25) is 19.7 Å². The summed E-state index contributed by atoms with van der Waals surface area (Å²) in [6, 6.07) is 13.2. The number of hydrogen-bond donors (Lipinski definition) is 1. The Bertz CT molecular complexity index is 1070. The summed E-state index contributed by atoms with van der Waals surface area (Å²) in [6.45, 7) is 0.297. The Morgan fingerprint density at radius 1 is 1.17 bits per heavy atom. The third kappa shape index (κ3) is 5.22. The summed E-state index contributed by atoms with van der Waals surface area (Å²) in [5, 5.41) is 13.2. The maximum absolute atomic E-state index is 13.3. The van der Waals surface area contributed by atoms with Crippen LogP contribution in [-0.4, -0.2) is 22.5 Å². The number of thioether (sulfide) groups is 1. The minimum atomic E-state index is -0.774. The van der Waals surface area contributed by atoms with Crippen molar-refractivity contribution in [3.8, 4) is 0 Å². The number of nitrogens with two attached hydrogens (primary N) is 1. The van der Waals surface area contributed by atoms with Gasteiger partial charge in [0.25, 0.3) is 5.69 Å². The van der Waals surface area contributed by atoms with Gasteiger partial charge in [-0.05, 0) is 47.8 Å². The van der Waals surface area contributed by atoms with Crippen LogP contribution in [0.3, 0.4) is 0 Å². The molecule has 30 heavy (non-hydrogen) atoms. The highest BCUT2D eigenvalue weighted by molar-refractivity contribution is 8.00. The van der Waals surface area contributed by atoms with E-state index < -0.39 is 16.6 Å². The number of carbonyl (C=O) groups excluding carboxylic acids is 2. The number of halogens is 1. The van der Waals surface area contributed by atoms with Crippen molar-refractivity contribution >= 4 is 46.3 Å². The van der Waals surface area contributed by atoms with E-state index in [-0.39, 0.29) is 27.8 Å². The van der Waals surface area contributed by atoms with Crippen molar-refractivity contribution in [1.82, 2.24) is 0 Å². The second-order valence-electron chi connectivity index (χ2n) is 6.13. The van der Waals surface area contributed by atoms with Crippen LogP contribution in [0.15, 0.2) is 64.9 Å². The largest absolute Gasteiger partial charge is 0.366 e. The van der Waals surface area contributed by atoms with Crippen molar-refractivity contribution in [2.24, 2.45) is 5.73 Å². The fourth-order valence-corrected chi connectivity index (χ4v) is 4.23. The van der Waals surface area contributed by atoms with Crippen LogP contribution in [0.25, 0.3) is 0 Å². The van der Waals surface area contributed by atoms with E-state index in [0.29, 0.717) is 12.2 Å². The van der Waals surface area contributed by atoms with Gasteiger partial charge in [0.05, 0.1) is 22.1 Å². The normalized spacial score (nSPS) is 10.6.